The van der Waals surface area contributed by atoms with Crippen LogP contribution >= 0.6 is 0 Å². The third-order valence-corrected chi connectivity index (χ3v) is 3.67. The van der Waals surface area contributed by atoms with Gasteiger partial charge in [-0.3, -0.25) is 0 Å². The van der Waals surface area contributed by atoms with Crippen LogP contribution < -0.4 is 10.6 Å². The molecule has 0 radical (unpaired) electrons. The van der Waals surface area contributed by atoms with E-state index in [1.165, 1.54) is 19.3 Å². The van der Waals surface area contributed by atoms with Gasteiger partial charge in [-0.05, 0) is 25.0 Å². The van der Waals surface area contributed by atoms with Gasteiger partial charge in [0.1, 0.15) is 11.9 Å². The van der Waals surface area contributed by atoms with Crippen LogP contribution in [0.25, 0.3) is 0 Å². The lowest BCUT2D eigenvalue weighted by Gasteiger charge is -2.35. The average Bonchev–Trinajstić information content (AvgIpc) is 2.46. The van der Waals surface area contributed by atoms with Crippen LogP contribution in [0.5, 0.6) is 0 Å². The van der Waals surface area contributed by atoms with Crippen LogP contribution in [0.15, 0.2) is 12.1 Å². The van der Waals surface area contributed by atoms with Crippen LogP contribution in [0, 0.1) is 11.3 Å². The molecule has 0 atom stereocenters. The van der Waals surface area contributed by atoms with E-state index >= 15 is 0 Å². The van der Waals surface area contributed by atoms with E-state index in [1.807, 2.05) is 12.1 Å². The largest absolute Gasteiger partial charge is 0.396 e. The Morgan fingerprint density at radius 3 is 2.74 bits per heavy atom. The molecule has 1 aliphatic carbocycles. The molecule has 0 unspecified atom stereocenters. The standard InChI is InChI=1S/C14H20N4O/c15-10-13-12(16)6-7-14(17-13)18(8-9-19)11-4-2-1-3-5-11/h6-7,11,19H,1-5,8-9,16H2. The Bertz CT molecular complexity index is 463. The first-order valence-corrected chi connectivity index (χ1v) is 6.80. The van der Waals surface area contributed by atoms with Crippen molar-refractivity contribution in [2.75, 3.05) is 23.8 Å². The number of rotatable bonds is 4. The first kappa shape index (κ1) is 13.6. The molecule has 0 spiro atoms. The third kappa shape index (κ3) is 3.15. The van der Waals surface area contributed by atoms with Crippen molar-refractivity contribution in [2.24, 2.45) is 0 Å². The molecular weight excluding hydrogens is 240 g/mol. The fourth-order valence-electron chi connectivity index (χ4n) is 2.69. The highest BCUT2D eigenvalue weighted by Gasteiger charge is 2.22. The maximum absolute atomic E-state index is 9.25. The Morgan fingerprint density at radius 1 is 1.37 bits per heavy atom. The van der Waals surface area contributed by atoms with Crippen molar-refractivity contribution in [3.8, 4) is 6.07 Å². The van der Waals surface area contributed by atoms with E-state index in [1.54, 1.807) is 6.07 Å². The summed E-state index contributed by atoms with van der Waals surface area (Å²) >= 11 is 0. The Labute approximate surface area is 113 Å². The van der Waals surface area contributed by atoms with Gasteiger partial charge in [0, 0.05) is 12.6 Å². The molecule has 0 saturated heterocycles. The SMILES string of the molecule is N#Cc1nc(N(CCO)C2CCCCC2)ccc1N. The van der Waals surface area contributed by atoms with Gasteiger partial charge in [0.15, 0.2) is 5.69 Å². The number of anilines is 2. The maximum Gasteiger partial charge on any atom is 0.165 e. The highest BCUT2D eigenvalue weighted by molar-refractivity contribution is 5.55. The second-order valence-electron chi connectivity index (χ2n) is 4.93. The van der Waals surface area contributed by atoms with Crippen molar-refractivity contribution in [3.63, 3.8) is 0 Å². The summed E-state index contributed by atoms with van der Waals surface area (Å²) in [5, 5.41) is 18.3. The van der Waals surface area contributed by atoms with Crippen LogP contribution in [0.1, 0.15) is 37.8 Å². The number of hydrogen-bond acceptors (Lipinski definition) is 5. The smallest absolute Gasteiger partial charge is 0.165 e. The molecule has 1 saturated carbocycles. The summed E-state index contributed by atoms with van der Waals surface area (Å²) in [7, 11) is 0. The molecule has 1 aromatic heterocycles. The van der Waals surface area contributed by atoms with Gasteiger partial charge in [0.25, 0.3) is 0 Å². The first-order valence-electron chi connectivity index (χ1n) is 6.80. The van der Waals surface area contributed by atoms with Gasteiger partial charge in [-0.25, -0.2) is 4.98 Å². The molecule has 5 nitrogen and oxygen atoms in total. The summed E-state index contributed by atoms with van der Waals surface area (Å²) in [4.78, 5) is 6.42. The summed E-state index contributed by atoms with van der Waals surface area (Å²) in [6.45, 7) is 0.636. The molecule has 102 valence electrons. The fourth-order valence-corrected chi connectivity index (χ4v) is 2.69. The molecule has 0 aliphatic heterocycles. The van der Waals surface area contributed by atoms with Gasteiger partial charge in [-0.1, -0.05) is 19.3 Å². The summed E-state index contributed by atoms with van der Waals surface area (Å²) in [5.41, 5.74) is 6.36. The van der Waals surface area contributed by atoms with Gasteiger partial charge in [-0.2, -0.15) is 5.26 Å². The van der Waals surface area contributed by atoms with E-state index in [9.17, 15) is 5.11 Å². The van der Waals surface area contributed by atoms with Gasteiger partial charge >= 0.3 is 0 Å². The van der Waals surface area contributed by atoms with Crippen LogP contribution in [0.4, 0.5) is 11.5 Å². The molecule has 1 aliphatic rings. The topological polar surface area (TPSA) is 86.2 Å². The van der Waals surface area contributed by atoms with E-state index in [-0.39, 0.29) is 12.3 Å². The minimum Gasteiger partial charge on any atom is -0.396 e. The molecule has 3 N–H and O–H groups in total. The summed E-state index contributed by atoms with van der Waals surface area (Å²) in [6.07, 6.45) is 5.95. The predicted octanol–water partition coefficient (Wildman–Crippen LogP) is 1.67. The number of aliphatic hydroxyl groups is 1. The minimum absolute atomic E-state index is 0.0877. The zero-order chi connectivity index (χ0) is 13.7. The average molecular weight is 260 g/mol. The lowest BCUT2D eigenvalue weighted by atomic mass is 9.94. The van der Waals surface area contributed by atoms with Crippen molar-refractivity contribution in [1.29, 1.82) is 5.26 Å². The van der Waals surface area contributed by atoms with Crippen molar-refractivity contribution in [2.45, 2.75) is 38.1 Å². The normalized spacial score (nSPS) is 16.0. The summed E-state index contributed by atoms with van der Waals surface area (Å²) in [5.74, 6) is 0.742. The highest BCUT2D eigenvalue weighted by atomic mass is 16.3. The number of hydrogen-bond donors (Lipinski definition) is 2. The quantitative estimate of drug-likeness (QED) is 0.860. The van der Waals surface area contributed by atoms with E-state index in [0.29, 0.717) is 18.3 Å². The lowest BCUT2D eigenvalue weighted by Crippen LogP contribution is -2.39. The van der Waals surface area contributed by atoms with E-state index in [4.69, 9.17) is 11.0 Å². The second-order valence-corrected chi connectivity index (χ2v) is 4.93. The molecule has 1 fully saturated rings. The van der Waals surface area contributed by atoms with Gasteiger partial charge in [-0.15, -0.1) is 0 Å². The predicted molar refractivity (Wildman–Crippen MR) is 74.7 cm³/mol. The summed E-state index contributed by atoms with van der Waals surface area (Å²) < 4.78 is 0. The molecule has 1 heterocycles. The molecular formula is C14H20N4O. The van der Waals surface area contributed by atoms with Gasteiger partial charge in [0.2, 0.25) is 0 Å². The molecule has 0 aromatic carbocycles. The third-order valence-electron chi connectivity index (χ3n) is 3.67. The van der Waals surface area contributed by atoms with Crippen molar-refractivity contribution in [1.82, 2.24) is 4.98 Å². The lowest BCUT2D eigenvalue weighted by molar-refractivity contribution is 0.289. The van der Waals surface area contributed by atoms with Gasteiger partial charge < -0.3 is 15.7 Å². The Morgan fingerprint density at radius 2 is 2.11 bits per heavy atom. The number of nitrogens with zero attached hydrogens (tertiary/aromatic N) is 3. The number of aliphatic hydroxyl groups excluding tert-OH is 1. The number of nitrogen functional groups attached to an aromatic ring is 1. The fraction of sp³-hybridized carbons (Fsp3) is 0.571. The van der Waals surface area contributed by atoms with E-state index in [0.717, 1.165) is 18.7 Å². The molecule has 5 heteroatoms. The zero-order valence-corrected chi connectivity index (χ0v) is 11.0. The second kappa shape index (κ2) is 6.39. The van der Waals surface area contributed by atoms with E-state index in [2.05, 4.69) is 9.88 Å². The highest BCUT2D eigenvalue weighted by Crippen LogP contribution is 2.27. The number of aromatic nitrogens is 1. The molecule has 2 rings (SSSR count). The van der Waals surface area contributed by atoms with Crippen molar-refractivity contribution < 1.29 is 5.11 Å². The van der Waals surface area contributed by atoms with E-state index < -0.39 is 0 Å². The monoisotopic (exact) mass is 260 g/mol. The van der Waals surface area contributed by atoms with Crippen LogP contribution in [0.3, 0.4) is 0 Å². The maximum atomic E-state index is 9.25. The molecule has 1 aromatic rings. The Hall–Kier alpha value is -1.80. The first-order chi connectivity index (χ1) is 9.26. The minimum atomic E-state index is 0.0877. The number of nitrogens with two attached hydrogens (primary N) is 1. The number of nitriles is 1. The number of pyridine rings is 1. The zero-order valence-electron chi connectivity index (χ0n) is 11.0. The Kier molecular flexibility index (Phi) is 4.58. The molecule has 19 heavy (non-hydrogen) atoms. The van der Waals surface area contributed by atoms with Crippen molar-refractivity contribution >= 4 is 11.5 Å². The molecule has 0 bridgehead atoms. The summed E-state index contributed by atoms with van der Waals surface area (Å²) in [6, 6.07) is 5.97. The van der Waals surface area contributed by atoms with Crippen LogP contribution in [-0.2, 0) is 0 Å². The molecule has 0 amide bonds. The van der Waals surface area contributed by atoms with Crippen LogP contribution in [0.2, 0.25) is 0 Å². The van der Waals surface area contributed by atoms with Crippen LogP contribution in [-0.4, -0.2) is 29.3 Å². The Balaban J connectivity index is 2.25. The van der Waals surface area contributed by atoms with Gasteiger partial charge in [0.05, 0.1) is 12.3 Å². The van der Waals surface area contributed by atoms with Crippen molar-refractivity contribution in [3.05, 3.63) is 17.8 Å².